The molecule has 122 valence electrons. The van der Waals surface area contributed by atoms with Crippen molar-refractivity contribution in [3.63, 3.8) is 0 Å². The molecule has 0 bridgehead atoms. The maximum Gasteiger partial charge on any atom is 0.164 e. The molecule has 2 heterocycles. The van der Waals surface area contributed by atoms with Crippen molar-refractivity contribution in [3.05, 3.63) is 0 Å². The summed E-state index contributed by atoms with van der Waals surface area (Å²) in [7, 11) is 0. The van der Waals surface area contributed by atoms with Crippen molar-refractivity contribution in [2.24, 2.45) is 4.99 Å². The summed E-state index contributed by atoms with van der Waals surface area (Å²) in [5.41, 5.74) is 1.10. The van der Waals surface area contributed by atoms with E-state index in [1.165, 1.54) is 38.5 Å². The number of aliphatic hydroxyl groups excluding tert-OH is 1. The number of hydrogen-bond donors (Lipinski definition) is 1. The van der Waals surface area contributed by atoms with Crippen LogP contribution in [-0.4, -0.2) is 41.5 Å². The van der Waals surface area contributed by atoms with Crippen molar-refractivity contribution in [2.45, 2.75) is 96.2 Å². The second-order valence-corrected chi connectivity index (χ2v) is 6.76. The third-order valence-electron chi connectivity index (χ3n) is 4.39. The van der Waals surface area contributed by atoms with Gasteiger partial charge in [0.2, 0.25) is 0 Å². The standard InChI is InChI=1S/C17H31NO3/c1-4-5-6-7-8-9-10-11-13-15-16(14(12-19)18-13)21-17(2,3)20-15/h14-16,19H,4-12H2,1-3H3/t14-,15+,16-/m1/s1. The molecular formula is C17H31NO3. The monoisotopic (exact) mass is 297 g/mol. The van der Waals surface area contributed by atoms with Gasteiger partial charge >= 0.3 is 0 Å². The fourth-order valence-electron chi connectivity index (χ4n) is 3.30. The van der Waals surface area contributed by atoms with Crippen molar-refractivity contribution in [3.8, 4) is 0 Å². The lowest BCUT2D eigenvalue weighted by atomic mass is 10.0. The average molecular weight is 297 g/mol. The van der Waals surface area contributed by atoms with Gasteiger partial charge in [-0.2, -0.15) is 0 Å². The lowest BCUT2D eigenvalue weighted by Crippen LogP contribution is -2.33. The predicted octanol–water partition coefficient (Wildman–Crippen LogP) is 3.46. The van der Waals surface area contributed by atoms with Crippen LogP contribution < -0.4 is 0 Å². The summed E-state index contributed by atoms with van der Waals surface area (Å²) in [4.78, 5) is 4.62. The molecule has 2 rings (SSSR count). The maximum absolute atomic E-state index is 9.45. The molecule has 0 aromatic rings. The minimum atomic E-state index is -0.551. The number of rotatable bonds is 9. The molecule has 2 aliphatic heterocycles. The SMILES string of the molecule is CCCCCCCCCC1=N[C@H](CO)[C@H]2OC(C)(C)O[C@@H]12. The number of hydrogen-bond acceptors (Lipinski definition) is 4. The number of aliphatic hydroxyl groups is 1. The van der Waals surface area contributed by atoms with Gasteiger partial charge in [-0.15, -0.1) is 0 Å². The largest absolute Gasteiger partial charge is 0.394 e. The summed E-state index contributed by atoms with van der Waals surface area (Å²) in [6.07, 6.45) is 9.94. The van der Waals surface area contributed by atoms with Gasteiger partial charge < -0.3 is 14.6 Å². The minimum absolute atomic E-state index is 0.0428. The Labute approximate surface area is 128 Å². The lowest BCUT2D eigenvalue weighted by molar-refractivity contribution is -0.146. The highest BCUT2D eigenvalue weighted by Crippen LogP contribution is 2.36. The van der Waals surface area contributed by atoms with E-state index in [0.29, 0.717) is 0 Å². The van der Waals surface area contributed by atoms with E-state index in [1.807, 2.05) is 13.8 Å². The summed E-state index contributed by atoms with van der Waals surface area (Å²) in [5, 5.41) is 9.45. The quantitative estimate of drug-likeness (QED) is 0.663. The predicted molar refractivity (Wildman–Crippen MR) is 84.7 cm³/mol. The number of fused-ring (bicyclic) bond motifs is 1. The zero-order chi connectivity index (χ0) is 15.3. The second kappa shape index (κ2) is 7.70. The van der Waals surface area contributed by atoms with Crippen LogP contribution in [0.15, 0.2) is 4.99 Å². The van der Waals surface area contributed by atoms with E-state index in [-0.39, 0.29) is 24.9 Å². The maximum atomic E-state index is 9.45. The van der Waals surface area contributed by atoms with Gasteiger partial charge in [-0.1, -0.05) is 45.4 Å². The molecule has 2 aliphatic rings. The van der Waals surface area contributed by atoms with Gasteiger partial charge in [0.15, 0.2) is 5.79 Å². The van der Waals surface area contributed by atoms with Crippen LogP contribution in [0.2, 0.25) is 0 Å². The van der Waals surface area contributed by atoms with Crippen LogP contribution in [0, 0.1) is 0 Å². The molecule has 21 heavy (non-hydrogen) atoms. The summed E-state index contributed by atoms with van der Waals surface area (Å²) in [5.74, 6) is -0.551. The first kappa shape index (κ1) is 16.9. The summed E-state index contributed by atoms with van der Waals surface area (Å²) in [6, 6.07) is -0.142. The van der Waals surface area contributed by atoms with E-state index in [2.05, 4.69) is 11.9 Å². The number of unbranched alkanes of at least 4 members (excludes halogenated alkanes) is 6. The van der Waals surface area contributed by atoms with Crippen molar-refractivity contribution in [2.75, 3.05) is 6.61 Å². The molecule has 0 spiro atoms. The average Bonchev–Trinajstić information content (AvgIpc) is 2.91. The van der Waals surface area contributed by atoms with Gasteiger partial charge in [0.1, 0.15) is 18.2 Å². The second-order valence-electron chi connectivity index (χ2n) is 6.76. The summed E-state index contributed by atoms with van der Waals surface area (Å²) >= 11 is 0. The van der Waals surface area contributed by atoms with Crippen LogP contribution in [0.5, 0.6) is 0 Å². The molecule has 0 aromatic carbocycles. The number of aliphatic imine (C=N–C) groups is 1. The molecule has 0 saturated carbocycles. The highest BCUT2D eigenvalue weighted by atomic mass is 16.8. The Morgan fingerprint density at radius 2 is 1.71 bits per heavy atom. The van der Waals surface area contributed by atoms with Crippen LogP contribution >= 0.6 is 0 Å². The zero-order valence-electron chi connectivity index (χ0n) is 13.8. The van der Waals surface area contributed by atoms with Crippen LogP contribution in [-0.2, 0) is 9.47 Å². The molecule has 1 N–H and O–H groups in total. The van der Waals surface area contributed by atoms with Gasteiger partial charge in [-0.25, -0.2) is 0 Å². The Hall–Kier alpha value is -0.450. The van der Waals surface area contributed by atoms with E-state index in [1.54, 1.807) is 0 Å². The van der Waals surface area contributed by atoms with Gasteiger partial charge in [-0.3, -0.25) is 4.99 Å². The fourth-order valence-corrected chi connectivity index (χ4v) is 3.30. The van der Waals surface area contributed by atoms with Crippen LogP contribution in [0.4, 0.5) is 0 Å². The van der Waals surface area contributed by atoms with Crippen LogP contribution in [0.1, 0.15) is 72.1 Å². The smallest absolute Gasteiger partial charge is 0.164 e. The Morgan fingerprint density at radius 1 is 1.05 bits per heavy atom. The molecule has 3 atom stereocenters. The molecule has 0 aromatic heterocycles. The third kappa shape index (κ3) is 4.51. The van der Waals surface area contributed by atoms with Crippen LogP contribution in [0.25, 0.3) is 0 Å². The lowest BCUT2D eigenvalue weighted by Gasteiger charge is -2.19. The van der Waals surface area contributed by atoms with E-state index < -0.39 is 5.79 Å². The first-order valence-electron chi connectivity index (χ1n) is 8.60. The van der Waals surface area contributed by atoms with Crippen molar-refractivity contribution in [1.29, 1.82) is 0 Å². The Kier molecular flexibility index (Phi) is 6.20. The third-order valence-corrected chi connectivity index (χ3v) is 4.39. The van der Waals surface area contributed by atoms with Gasteiger partial charge in [-0.05, 0) is 26.7 Å². The molecular weight excluding hydrogens is 266 g/mol. The zero-order valence-corrected chi connectivity index (χ0v) is 13.8. The first-order chi connectivity index (χ1) is 10.1. The number of nitrogens with zero attached hydrogens (tertiary/aromatic N) is 1. The normalized spacial score (nSPS) is 30.5. The van der Waals surface area contributed by atoms with Crippen molar-refractivity contribution >= 4 is 5.71 Å². The molecule has 4 nitrogen and oxygen atoms in total. The van der Waals surface area contributed by atoms with E-state index >= 15 is 0 Å². The molecule has 0 amide bonds. The number of ether oxygens (including phenoxy) is 2. The highest BCUT2D eigenvalue weighted by molar-refractivity contribution is 5.91. The van der Waals surface area contributed by atoms with E-state index in [9.17, 15) is 5.11 Å². The topological polar surface area (TPSA) is 51.1 Å². The van der Waals surface area contributed by atoms with Crippen LogP contribution in [0.3, 0.4) is 0 Å². The summed E-state index contributed by atoms with van der Waals surface area (Å²) in [6.45, 7) is 6.16. The highest BCUT2D eigenvalue weighted by Gasteiger charge is 2.50. The van der Waals surface area contributed by atoms with Crippen molar-refractivity contribution in [1.82, 2.24) is 0 Å². The first-order valence-corrected chi connectivity index (χ1v) is 8.60. The summed E-state index contributed by atoms with van der Waals surface area (Å²) < 4.78 is 11.8. The molecule has 4 heteroatoms. The van der Waals surface area contributed by atoms with Gasteiger partial charge in [0, 0.05) is 5.71 Å². The Balaban J connectivity index is 1.73. The Bertz CT molecular complexity index is 354. The molecule has 0 radical (unpaired) electrons. The van der Waals surface area contributed by atoms with Crippen molar-refractivity contribution < 1.29 is 14.6 Å². The molecule has 1 saturated heterocycles. The van der Waals surface area contributed by atoms with E-state index in [0.717, 1.165) is 18.6 Å². The fraction of sp³-hybridized carbons (Fsp3) is 0.941. The molecule has 1 fully saturated rings. The minimum Gasteiger partial charge on any atom is -0.394 e. The van der Waals surface area contributed by atoms with E-state index in [4.69, 9.17) is 9.47 Å². The Morgan fingerprint density at radius 3 is 2.38 bits per heavy atom. The van der Waals surface area contributed by atoms with Gasteiger partial charge in [0.25, 0.3) is 0 Å². The molecule has 0 unspecified atom stereocenters. The van der Waals surface area contributed by atoms with Gasteiger partial charge in [0.05, 0.1) is 6.61 Å². The molecule has 0 aliphatic carbocycles.